The molecule has 1 aromatic carbocycles. The number of benzene rings is 1. The molecule has 0 bridgehead atoms. The Bertz CT molecular complexity index is 1020. The first-order chi connectivity index (χ1) is 12.2. The van der Waals surface area contributed by atoms with E-state index in [1.165, 1.54) is 0 Å². The second-order valence-electron chi connectivity index (χ2n) is 5.58. The molecule has 0 fully saturated rings. The van der Waals surface area contributed by atoms with Gasteiger partial charge in [0.25, 0.3) is 0 Å². The fourth-order valence-corrected chi connectivity index (χ4v) is 4.36. The van der Waals surface area contributed by atoms with Crippen LogP contribution in [0.15, 0.2) is 46.3 Å². The molecule has 126 valence electrons. The lowest BCUT2D eigenvalue weighted by molar-refractivity contribution is -0.120. The molecule has 1 amide bonds. The van der Waals surface area contributed by atoms with Crippen LogP contribution in [0.2, 0.25) is 0 Å². The predicted molar refractivity (Wildman–Crippen MR) is 99.7 cm³/mol. The van der Waals surface area contributed by atoms with Gasteiger partial charge in [-0.25, -0.2) is 4.98 Å². The van der Waals surface area contributed by atoms with E-state index in [-0.39, 0.29) is 12.3 Å². The van der Waals surface area contributed by atoms with Gasteiger partial charge in [0.05, 0.1) is 23.5 Å². The number of hydrogen-bond acceptors (Lipinski definition) is 6. The van der Waals surface area contributed by atoms with Crippen molar-refractivity contribution in [2.24, 2.45) is 0 Å². The lowest BCUT2D eigenvalue weighted by atomic mass is 10.1. The van der Waals surface area contributed by atoms with E-state index in [2.05, 4.69) is 21.5 Å². The first-order valence-electron chi connectivity index (χ1n) is 7.81. The Hall–Kier alpha value is -2.51. The Morgan fingerprint density at radius 3 is 2.96 bits per heavy atom. The third-order valence-corrected chi connectivity index (χ3v) is 6.05. The molecule has 0 unspecified atom stereocenters. The summed E-state index contributed by atoms with van der Waals surface area (Å²) in [5.74, 6) is -0.0791. The van der Waals surface area contributed by atoms with Crippen LogP contribution in [0.1, 0.15) is 16.3 Å². The highest BCUT2D eigenvalue weighted by Gasteiger charge is 2.14. The minimum absolute atomic E-state index is 0.0791. The molecule has 0 radical (unpaired) electrons. The number of aryl methyl sites for hydroxylation is 1. The van der Waals surface area contributed by atoms with E-state index in [1.807, 2.05) is 42.6 Å². The molecule has 0 saturated carbocycles. The molecule has 7 heteroatoms. The standard InChI is InChI=1S/C18H15N3O2S2/c1-11-16(25-18(20-11)15-7-4-8-24-15)10-19-17(22)9-13-12-5-2-3-6-14(12)23-21-13/h2-8H,9-10H2,1H3,(H,19,22). The van der Waals surface area contributed by atoms with Gasteiger partial charge < -0.3 is 9.84 Å². The van der Waals surface area contributed by atoms with Crippen molar-refractivity contribution in [1.82, 2.24) is 15.5 Å². The summed E-state index contributed by atoms with van der Waals surface area (Å²) in [4.78, 5) is 19.1. The number of aromatic nitrogens is 2. The number of hydrogen-bond donors (Lipinski definition) is 1. The Labute approximate surface area is 152 Å². The number of thiazole rings is 1. The average Bonchev–Trinajstić information content (AvgIpc) is 3.34. The molecule has 3 aromatic heterocycles. The van der Waals surface area contributed by atoms with Crippen molar-refractivity contribution in [2.75, 3.05) is 0 Å². The predicted octanol–water partition coefficient (Wildman–Crippen LogP) is 4.18. The zero-order valence-electron chi connectivity index (χ0n) is 13.5. The second-order valence-corrected chi connectivity index (χ2v) is 7.62. The largest absolute Gasteiger partial charge is 0.356 e. The monoisotopic (exact) mass is 369 g/mol. The lowest BCUT2D eigenvalue weighted by Crippen LogP contribution is -2.24. The number of thiophene rings is 1. The van der Waals surface area contributed by atoms with Crippen molar-refractivity contribution in [1.29, 1.82) is 0 Å². The number of nitrogens with zero attached hydrogens (tertiary/aromatic N) is 2. The van der Waals surface area contributed by atoms with Gasteiger partial charge in [0.2, 0.25) is 5.91 Å². The number of carbonyl (C=O) groups excluding carboxylic acids is 1. The zero-order chi connectivity index (χ0) is 17.2. The SMILES string of the molecule is Cc1nc(-c2cccs2)sc1CNC(=O)Cc1noc2ccccc12. The molecule has 0 aliphatic carbocycles. The summed E-state index contributed by atoms with van der Waals surface area (Å²) >= 11 is 3.29. The van der Waals surface area contributed by atoms with Gasteiger partial charge in [0, 0.05) is 10.3 Å². The number of nitrogens with one attached hydrogen (secondary N) is 1. The van der Waals surface area contributed by atoms with Crippen LogP contribution in [0.5, 0.6) is 0 Å². The van der Waals surface area contributed by atoms with Crippen LogP contribution in [0, 0.1) is 6.92 Å². The highest BCUT2D eigenvalue weighted by molar-refractivity contribution is 7.21. The molecule has 1 N–H and O–H groups in total. The number of amides is 1. The first-order valence-corrected chi connectivity index (χ1v) is 9.50. The molecule has 25 heavy (non-hydrogen) atoms. The Kier molecular flexibility index (Phi) is 4.33. The lowest BCUT2D eigenvalue weighted by Gasteiger charge is -2.02. The van der Waals surface area contributed by atoms with E-state index < -0.39 is 0 Å². The van der Waals surface area contributed by atoms with Crippen molar-refractivity contribution in [2.45, 2.75) is 19.9 Å². The highest BCUT2D eigenvalue weighted by Crippen LogP contribution is 2.31. The van der Waals surface area contributed by atoms with Gasteiger partial charge in [-0.15, -0.1) is 22.7 Å². The molecule has 4 aromatic rings. The van der Waals surface area contributed by atoms with Gasteiger partial charge in [0.1, 0.15) is 10.7 Å². The maximum Gasteiger partial charge on any atom is 0.226 e. The van der Waals surface area contributed by atoms with E-state index in [1.54, 1.807) is 22.7 Å². The molecule has 0 aliphatic heterocycles. The summed E-state index contributed by atoms with van der Waals surface area (Å²) in [6.07, 6.45) is 0.201. The van der Waals surface area contributed by atoms with Crippen LogP contribution in [-0.4, -0.2) is 16.0 Å². The summed E-state index contributed by atoms with van der Waals surface area (Å²) in [5, 5.41) is 10.9. The molecule has 0 saturated heterocycles. The Balaban J connectivity index is 1.42. The molecular weight excluding hydrogens is 354 g/mol. The van der Waals surface area contributed by atoms with Crippen molar-refractivity contribution in [3.05, 3.63) is 58.0 Å². The first kappa shape index (κ1) is 16.0. The van der Waals surface area contributed by atoms with E-state index in [0.29, 0.717) is 17.8 Å². The fraction of sp³-hybridized carbons (Fsp3) is 0.167. The van der Waals surface area contributed by atoms with E-state index in [4.69, 9.17) is 4.52 Å². The topological polar surface area (TPSA) is 68.0 Å². The maximum absolute atomic E-state index is 12.3. The third-order valence-electron chi connectivity index (χ3n) is 3.85. The van der Waals surface area contributed by atoms with Gasteiger partial charge in [0.15, 0.2) is 5.58 Å². The quantitative estimate of drug-likeness (QED) is 0.573. The summed E-state index contributed by atoms with van der Waals surface area (Å²) in [6.45, 7) is 2.45. The Morgan fingerprint density at radius 2 is 2.12 bits per heavy atom. The molecule has 3 heterocycles. The van der Waals surface area contributed by atoms with Crippen molar-refractivity contribution in [3.63, 3.8) is 0 Å². The van der Waals surface area contributed by atoms with Gasteiger partial charge in [-0.1, -0.05) is 23.4 Å². The van der Waals surface area contributed by atoms with Gasteiger partial charge in [-0.2, -0.15) is 0 Å². The number of rotatable bonds is 5. The molecule has 0 atom stereocenters. The van der Waals surface area contributed by atoms with Crippen LogP contribution in [0.3, 0.4) is 0 Å². The second kappa shape index (κ2) is 6.78. The molecule has 4 rings (SSSR count). The third kappa shape index (κ3) is 3.33. The summed E-state index contributed by atoms with van der Waals surface area (Å²) in [5.41, 5.74) is 2.32. The summed E-state index contributed by atoms with van der Waals surface area (Å²) in [7, 11) is 0. The highest BCUT2D eigenvalue weighted by atomic mass is 32.1. The van der Waals surface area contributed by atoms with Crippen LogP contribution < -0.4 is 5.32 Å². The van der Waals surface area contributed by atoms with Crippen LogP contribution >= 0.6 is 22.7 Å². The average molecular weight is 369 g/mol. The molecule has 0 aliphatic rings. The number of para-hydroxylation sites is 1. The number of carbonyl (C=O) groups is 1. The molecule has 0 spiro atoms. The van der Waals surface area contributed by atoms with Gasteiger partial charge >= 0.3 is 0 Å². The van der Waals surface area contributed by atoms with Crippen molar-refractivity contribution in [3.8, 4) is 9.88 Å². The minimum Gasteiger partial charge on any atom is -0.356 e. The fourth-order valence-electron chi connectivity index (χ4n) is 2.56. The zero-order valence-corrected chi connectivity index (χ0v) is 15.1. The van der Waals surface area contributed by atoms with E-state index in [9.17, 15) is 4.79 Å². The number of fused-ring (bicyclic) bond motifs is 1. The van der Waals surface area contributed by atoms with Crippen LogP contribution in [0.25, 0.3) is 20.9 Å². The van der Waals surface area contributed by atoms with Crippen molar-refractivity contribution >= 4 is 39.5 Å². The van der Waals surface area contributed by atoms with E-state index in [0.717, 1.165) is 25.8 Å². The van der Waals surface area contributed by atoms with Gasteiger partial charge in [-0.3, -0.25) is 4.79 Å². The van der Waals surface area contributed by atoms with E-state index >= 15 is 0 Å². The van der Waals surface area contributed by atoms with Crippen molar-refractivity contribution < 1.29 is 9.32 Å². The normalized spacial score (nSPS) is 11.1. The minimum atomic E-state index is -0.0791. The Morgan fingerprint density at radius 1 is 1.24 bits per heavy atom. The smallest absolute Gasteiger partial charge is 0.226 e. The van der Waals surface area contributed by atoms with Crippen LogP contribution in [-0.2, 0) is 17.8 Å². The molecule has 5 nitrogen and oxygen atoms in total. The van der Waals surface area contributed by atoms with Crippen LogP contribution in [0.4, 0.5) is 0 Å². The summed E-state index contributed by atoms with van der Waals surface area (Å²) in [6, 6.07) is 11.6. The maximum atomic E-state index is 12.3. The van der Waals surface area contributed by atoms with Gasteiger partial charge in [-0.05, 0) is 30.5 Å². The summed E-state index contributed by atoms with van der Waals surface area (Å²) < 4.78 is 5.24. The molecular formula is C18H15N3O2S2.